The van der Waals surface area contributed by atoms with Crippen LogP contribution in [0.1, 0.15) is 64.2 Å². The van der Waals surface area contributed by atoms with Gasteiger partial charge in [0, 0.05) is 6.04 Å². The van der Waals surface area contributed by atoms with E-state index in [1.54, 1.807) is 6.26 Å². The highest BCUT2D eigenvalue weighted by Gasteiger charge is 2.50. The molecule has 7 unspecified atom stereocenters. The minimum atomic E-state index is -0.333. The Morgan fingerprint density at radius 2 is 1.67 bits per heavy atom. The number of amides is 2. The largest absolute Gasteiger partial charge is 0.495 e. The second-order valence-corrected chi connectivity index (χ2v) is 9.71. The van der Waals surface area contributed by atoms with Gasteiger partial charge in [-0.2, -0.15) is 0 Å². The number of hydrogen-bond acceptors (Lipinski definition) is 2. The first-order valence-corrected chi connectivity index (χ1v) is 11.3. The van der Waals surface area contributed by atoms with Crippen molar-refractivity contribution in [2.24, 2.45) is 41.2 Å². The van der Waals surface area contributed by atoms with Gasteiger partial charge in [-0.25, -0.2) is 4.79 Å². The van der Waals surface area contributed by atoms with Gasteiger partial charge in [0.2, 0.25) is 0 Å². The van der Waals surface area contributed by atoms with Gasteiger partial charge in [-0.3, -0.25) is 4.90 Å². The lowest BCUT2D eigenvalue weighted by atomic mass is 9.53. The third-order valence-electron chi connectivity index (χ3n) is 8.69. The zero-order valence-corrected chi connectivity index (χ0v) is 16.4. The zero-order chi connectivity index (χ0) is 18.4. The first kappa shape index (κ1) is 17.6. The minimum absolute atomic E-state index is 0.237. The van der Waals surface area contributed by atoms with E-state index in [-0.39, 0.29) is 12.1 Å². The predicted octanol–water partition coefficient (Wildman–Crippen LogP) is 4.82. The SMILES string of the molecule is NC(=O)N(C1=COCC=C1)C1CCC2C(CCC3C4CCCC4CCC23)C1. The second kappa shape index (κ2) is 7.18. The molecule has 7 atom stereocenters. The average Bonchev–Trinajstić information content (AvgIpc) is 3.17. The molecule has 1 heterocycles. The molecule has 5 aliphatic rings. The molecule has 148 valence electrons. The van der Waals surface area contributed by atoms with E-state index in [2.05, 4.69) is 0 Å². The summed E-state index contributed by atoms with van der Waals surface area (Å²) in [5.41, 5.74) is 6.62. The Morgan fingerprint density at radius 3 is 2.41 bits per heavy atom. The van der Waals surface area contributed by atoms with E-state index in [0.29, 0.717) is 6.61 Å². The van der Waals surface area contributed by atoms with Crippen LogP contribution in [0, 0.1) is 35.5 Å². The van der Waals surface area contributed by atoms with Crippen LogP contribution in [0.4, 0.5) is 4.79 Å². The lowest BCUT2D eigenvalue weighted by Crippen LogP contribution is -2.50. The smallest absolute Gasteiger partial charge is 0.319 e. The van der Waals surface area contributed by atoms with Crippen LogP contribution in [0.15, 0.2) is 24.1 Å². The highest BCUT2D eigenvalue weighted by molar-refractivity contribution is 5.75. The number of fused-ring (bicyclic) bond motifs is 5. The van der Waals surface area contributed by atoms with Crippen molar-refractivity contribution >= 4 is 6.03 Å². The van der Waals surface area contributed by atoms with Gasteiger partial charge < -0.3 is 10.5 Å². The molecule has 1 aliphatic heterocycles. The monoisotopic (exact) mass is 370 g/mol. The number of ether oxygens (including phenoxy) is 1. The number of urea groups is 1. The van der Waals surface area contributed by atoms with Crippen molar-refractivity contribution in [3.63, 3.8) is 0 Å². The van der Waals surface area contributed by atoms with Crippen molar-refractivity contribution in [2.75, 3.05) is 6.61 Å². The van der Waals surface area contributed by atoms with Gasteiger partial charge in [0.1, 0.15) is 12.9 Å². The van der Waals surface area contributed by atoms with Gasteiger partial charge in [-0.1, -0.05) is 12.8 Å². The summed E-state index contributed by atoms with van der Waals surface area (Å²) >= 11 is 0. The van der Waals surface area contributed by atoms with Crippen molar-refractivity contribution in [2.45, 2.75) is 70.3 Å². The Bertz CT molecular complexity index is 642. The molecule has 0 radical (unpaired) electrons. The second-order valence-electron chi connectivity index (χ2n) is 9.71. The molecule has 4 saturated carbocycles. The molecule has 4 nitrogen and oxygen atoms in total. The topological polar surface area (TPSA) is 55.6 Å². The fourth-order valence-corrected chi connectivity index (χ4v) is 7.74. The van der Waals surface area contributed by atoms with Gasteiger partial charge in [-0.05, 0) is 99.0 Å². The molecule has 4 fully saturated rings. The molecule has 27 heavy (non-hydrogen) atoms. The number of nitrogens with two attached hydrogens (primary N) is 1. The fraction of sp³-hybridized carbons (Fsp3) is 0.783. The number of allylic oxidation sites excluding steroid dienone is 1. The average molecular weight is 371 g/mol. The van der Waals surface area contributed by atoms with Crippen LogP contribution in [0.2, 0.25) is 0 Å². The lowest BCUT2D eigenvalue weighted by Gasteiger charge is -2.53. The standard InChI is InChI=1S/C23H34N2O2/c24-23(26)25(18-4-2-12-27-14-18)17-8-11-20-16(13-17)7-10-21-19-5-1-3-15(19)6-9-22(20)21/h2,4,14-17,19-22H,1,3,5-13H2,(H2,24,26). The molecule has 0 bridgehead atoms. The van der Waals surface area contributed by atoms with E-state index >= 15 is 0 Å². The van der Waals surface area contributed by atoms with Crippen molar-refractivity contribution in [3.05, 3.63) is 24.1 Å². The summed E-state index contributed by atoms with van der Waals surface area (Å²) < 4.78 is 5.42. The third-order valence-corrected chi connectivity index (χ3v) is 8.69. The highest BCUT2D eigenvalue weighted by Crippen LogP contribution is 2.58. The van der Waals surface area contributed by atoms with E-state index in [9.17, 15) is 4.79 Å². The van der Waals surface area contributed by atoms with E-state index in [4.69, 9.17) is 10.5 Å². The lowest BCUT2D eigenvalue weighted by molar-refractivity contribution is -0.0301. The number of nitrogens with zero attached hydrogens (tertiary/aromatic N) is 1. The molecule has 0 saturated heterocycles. The first-order chi connectivity index (χ1) is 13.2. The Kier molecular flexibility index (Phi) is 4.69. The van der Waals surface area contributed by atoms with Gasteiger partial charge >= 0.3 is 6.03 Å². The van der Waals surface area contributed by atoms with Crippen LogP contribution in [0.5, 0.6) is 0 Å². The Morgan fingerprint density at radius 1 is 0.926 bits per heavy atom. The van der Waals surface area contributed by atoms with Gasteiger partial charge in [0.15, 0.2) is 0 Å². The van der Waals surface area contributed by atoms with Crippen LogP contribution in [0.25, 0.3) is 0 Å². The van der Waals surface area contributed by atoms with Gasteiger partial charge in [0.25, 0.3) is 0 Å². The summed E-state index contributed by atoms with van der Waals surface area (Å²) in [6, 6.07) is -0.0966. The van der Waals surface area contributed by atoms with Crippen LogP contribution in [-0.2, 0) is 4.74 Å². The molecule has 5 rings (SSSR count). The molecule has 2 N–H and O–H groups in total. The zero-order valence-electron chi connectivity index (χ0n) is 16.4. The first-order valence-electron chi connectivity index (χ1n) is 11.3. The number of hydrogen-bond donors (Lipinski definition) is 1. The summed E-state index contributed by atoms with van der Waals surface area (Å²) in [4.78, 5) is 14.0. The Hall–Kier alpha value is -1.45. The maximum Gasteiger partial charge on any atom is 0.319 e. The van der Waals surface area contributed by atoms with E-state index in [1.807, 2.05) is 17.1 Å². The molecular formula is C23H34N2O2. The molecule has 0 aromatic carbocycles. The Labute approximate surface area is 163 Å². The van der Waals surface area contributed by atoms with E-state index < -0.39 is 0 Å². The number of primary amides is 1. The van der Waals surface area contributed by atoms with Crippen molar-refractivity contribution in [1.82, 2.24) is 4.90 Å². The van der Waals surface area contributed by atoms with Crippen LogP contribution < -0.4 is 5.73 Å². The predicted molar refractivity (Wildman–Crippen MR) is 105 cm³/mol. The third kappa shape index (κ3) is 3.09. The molecule has 4 aliphatic carbocycles. The minimum Gasteiger partial charge on any atom is -0.495 e. The number of carbonyl (C=O) groups excluding carboxylic acids is 1. The molecule has 0 spiro atoms. The maximum absolute atomic E-state index is 12.2. The van der Waals surface area contributed by atoms with Crippen molar-refractivity contribution in [1.29, 1.82) is 0 Å². The van der Waals surface area contributed by atoms with Crippen LogP contribution in [0.3, 0.4) is 0 Å². The molecule has 4 heteroatoms. The normalized spacial score (nSPS) is 43.0. The van der Waals surface area contributed by atoms with Crippen LogP contribution >= 0.6 is 0 Å². The molecule has 2 amide bonds. The van der Waals surface area contributed by atoms with Crippen molar-refractivity contribution < 1.29 is 9.53 Å². The summed E-state index contributed by atoms with van der Waals surface area (Å²) in [7, 11) is 0. The molecular weight excluding hydrogens is 336 g/mol. The number of rotatable bonds is 2. The maximum atomic E-state index is 12.2. The summed E-state index contributed by atoms with van der Waals surface area (Å²) in [6.45, 7) is 0.580. The van der Waals surface area contributed by atoms with Crippen molar-refractivity contribution in [3.8, 4) is 0 Å². The fourth-order valence-electron chi connectivity index (χ4n) is 7.74. The van der Waals surface area contributed by atoms with Gasteiger partial charge in [-0.15, -0.1) is 0 Å². The van der Waals surface area contributed by atoms with Gasteiger partial charge in [0.05, 0.1) is 5.70 Å². The summed E-state index contributed by atoms with van der Waals surface area (Å²) in [6.07, 6.45) is 19.4. The highest BCUT2D eigenvalue weighted by atomic mass is 16.5. The summed E-state index contributed by atoms with van der Waals surface area (Å²) in [5.74, 6) is 5.73. The van der Waals surface area contributed by atoms with E-state index in [1.165, 1.54) is 51.4 Å². The quantitative estimate of drug-likeness (QED) is 0.758. The Balaban J connectivity index is 1.30. The summed E-state index contributed by atoms with van der Waals surface area (Å²) in [5, 5.41) is 0. The van der Waals surface area contributed by atoms with Crippen LogP contribution in [-0.4, -0.2) is 23.6 Å². The van der Waals surface area contributed by atoms with E-state index in [0.717, 1.165) is 54.0 Å². The number of carbonyl (C=O) groups is 1. The molecule has 0 aromatic rings. The molecule has 0 aromatic heterocycles.